The third-order valence-corrected chi connectivity index (χ3v) is 6.48. The summed E-state index contributed by atoms with van der Waals surface area (Å²) in [6.45, 7) is 15.0. The minimum atomic E-state index is -1.02. The fraction of sp³-hybridized carbons (Fsp3) is 0.452. The average molecular weight is 520 g/mol. The molecule has 2 rings (SSSR count). The number of hydrogen-bond acceptors (Lipinski definition) is 4. The van der Waals surface area contributed by atoms with E-state index in [0.29, 0.717) is 23.2 Å². The molecule has 0 bridgehead atoms. The van der Waals surface area contributed by atoms with E-state index in [1.807, 2.05) is 45.9 Å². The Morgan fingerprint density at radius 1 is 1.03 bits per heavy atom. The van der Waals surface area contributed by atoms with E-state index in [9.17, 15) is 14.4 Å². The number of carbonyl (C=O) groups is 3. The molecule has 2 N–H and O–H groups in total. The van der Waals surface area contributed by atoms with E-state index in [0.717, 1.165) is 11.1 Å². The maximum absolute atomic E-state index is 14.1. The van der Waals surface area contributed by atoms with Gasteiger partial charge in [-0.3, -0.25) is 9.59 Å². The van der Waals surface area contributed by atoms with Gasteiger partial charge in [0, 0.05) is 17.8 Å². The summed E-state index contributed by atoms with van der Waals surface area (Å²) in [6.07, 6.45) is 5.74. The van der Waals surface area contributed by atoms with Gasteiger partial charge < -0.3 is 20.3 Å². The summed E-state index contributed by atoms with van der Waals surface area (Å²) in [5.74, 6) is 1.66. The Balaban J connectivity index is 2.58. The second-order valence-electron chi connectivity index (χ2n) is 10.5. The average Bonchev–Trinajstić information content (AvgIpc) is 2.86. The molecule has 7 nitrogen and oxygen atoms in total. The lowest BCUT2D eigenvalue weighted by molar-refractivity contribution is -0.141. The number of para-hydroxylation sites is 1. The lowest BCUT2D eigenvalue weighted by atomic mass is 9.94. The second-order valence-corrected chi connectivity index (χ2v) is 10.5. The lowest BCUT2D eigenvalue weighted by Crippen LogP contribution is -2.54. The Hall–Kier alpha value is -3.79. The van der Waals surface area contributed by atoms with Crippen molar-refractivity contribution in [3.63, 3.8) is 0 Å². The highest BCUT2D eigenvalue weighted by atomic mass is 16.6. The highest BCUT2D eigenvalue weighted by molar-refractivity contribution is 6.00. The Kier molecular flexibility index (Phi) is 10.5. The molecular weight excluding hydrogens is 478 g/mol. The molecule has 0 radical (unpaired) electrons. The third-order valence-electron chi connectivity index (χ3n) is 6.48. The molecule has 3 atom stereocenters. The first-order valence-electron chi connectivity index (χ1n) is 13.1. The maximum atomic E-state index is 14.1. The Bertz CT molecular complexity index is 1170. The fourth-order valence-corrected chi connectivity index (χ4v) is 4.28. The molecule has 0 fully saturated rings. The highest BCUT2D eigenvalue weighted by Crippen LogP contribution is 2.29. The molecule has 0 aliphatic heterocycles. The van der Waals surface area contributed by atoms with Gasteiger partial charge in [0.15, 0.2) is 0 Å². The van der Waals surface area contributed by atoms with Crippen LogP contribution in [-0.4, -0.2) is 41.0 Å². The first-order valence-corrected chi connectivity index (χ1v) is 13.1. The summed E-state index contributed by atoms with van der Waals surface area (Å²) < 4.78 is 5.43. The van der Waals surface area contributed by atoms with E-state index in [4.69, 9.17) is 11.2 Å². The van der Waals surface area contributed by atoms with Gasteiger partial charge in [0.2, 0.25) is 5.91 Å². The van der Waals surface area contributed by atoms with Crippen LogP contribution in [0.2, 0.25) is 0 Å². The summed E-state index contributed by atoms with van der Waals surface area (Å²) >= 11 is 0. The SMILES string of the molecule is C#Cc1ccccc1C(C(=O)Nc1c(C)cccc1C)N(CC)C(=O)C(NC(=O)OC(C)(C)C)C(C)CC. The van der Waals surface area contributed by atoms with Crippen LogP contribution in [0.5, 0.6) is 0 Å². The zero-order valence-corrected chi connectivity index (χ0v) is 23.8. The van der Waals surface area contributed by atoms with Gasteiger partial charge in [0.1, 0.15) is 17.7 Å². The van der Waals surface area contributed by atoms with E-state index in [1.165, 1.54) is 4.90 Å². The number of nitrogens with zero attached hydrogens (tertiary/aromatic N) is 1. The van der Waals surface area contributed by atoms with Crippen LogP contribution in [-0.2, 0) is 14.3 Å². The molecule has 3 unspecified atom stereocenters. The molecule has 0 aliphatic carbocycles. The topological polar surface area (TPSA) is 87.7 Å². The number of rotatable bonds is 9. The number of amides is 3. The fourth-order valence-electron chi connectivity index (χ4n) is 4.28. The Morgan fingerprint density at radius 3 is 2.16 bits per heavy atom. The van der Waals surface area contributed by atoms with E-state index in [1.54, 1.807) is 52.0 Å². The molecular formula is C31H41N3O4. The van der Waals surface area contributed by atoms with Crippen LogP contribution in [0.4, 0.5) is 10.5 Å². The van der Waals surface area contributed by atoms with Crippen LogP contribution in [0.1, 0.15) is 76.3 Å². The minimum Gasteiger partial charge on any atom is -0.444 e. The van der Waals surface area contributed by atoms with Gasteiger partial charge in [-0.05, 0) is 70.2 Å². The number of alkyl carbamates (subject to hydrolysis) is 1. The van der Waals surface area contributed by atoms with Crippen molar-refractivity contribution >= 4 is 23.6 Å². The Morgan fingerprint density at radius 2 is 1.63 bits per heavy atom. The number of nitrogens with one attached hydrogen (secondary N) is 2. The van der Waals surface area contributed by atoms with Gasteiger partial charge >= 0.3 is 6.09 Å². The van der Waals surface area contributed by atoms with Crippen molar-refractivity contribution in [1.82, 2.24) is 10.2 Å². The molecule has 0 aliphatic rings. The largest absolute Gasteiger partial charge is 0.444 e. The normalized spacial score (nSPS) is 13.4. The van der Waals surface area contributed by atoms with Crippen LogP contribution in [0.25, 0.3) is 0 Å². The standard InChI is InChI=1S/C31H41N3O4/c1-10-20(4)26(33-30(37)38-31(7,8)9)29(36)34(12-3)27(24-19-14-13-18-23(24)11-2)28(35)32-25-21(5)16-15-17-22(25)6/h2,13-20,26-27H,10,12H2,1,3-9H3,(H,32,35)(H,33,37). The number of terminal acetylenes is 1. The number of aryl methyl sites for hydroxylation is 2. The van der Waals surface area contributed by atoms with Gasteiger partial charge in [-0.15, -0.1) is 6.42 Å². The van der Waals surface area contributed by atoms with Gasteiger partial charge in [0.05, 0.1) is 0 Å². The smallest absolute Gasteiger partial charge is 0.408 e. The lowest BCUT2D eigenvalue weighted by Gasteiger charge is -2.36. The number of anilines is 1. The van der Waals surface area contributed by atoms with E-state index < -0.39 is 23.8 Å². The zero-order valence-electron chi connectivity index (χ0n) is 23.8. The number of carbonyl (C=O) groups excluding carboxylic acids is 3. The van der Waals surface area contributed by atoms with Crippen molar-refractivity contribution in [2.24, 2.45) is 5.92 Å². The number of benzene rings is 2. The monoisotopic (exact) mass is 519 g/mol. The molecule has 0 heterocycles. The second kappa shape index (κ2) is 13.1. The van der Waals surface area contributed by atoms with Gasteiger partial charge in [-0.1, -0.05) is 62.6 Å². The summed E-state index contributed by atoms with van der Waals surface area (Å²) in [5.41, 5.74) is 2.82. The molecule has 0 spiro atoms. The first-order chi connectivity index (χ1) is 17.8. The van der Waals surface area contributed by atoms with Gasteiger partial charge in [-0.2, -0.15) is 0 Å². The van der Waals surface area contributed by atoms with Gasteiger partial charge in [0.25, 0.3) is 5.91 Å². The van der Waals surface area contributed by atoms with Crippen molar-refractivity contribution in [1.29, 1.82) is 0 Å². The van der Waals surface area contributed by atoms with Crippen LogP contribution < -0.4 is 10.6 Å². The van der Waals surface area contributed by atoms with E-state index in [2.05, 4.69) is 16.6 Å². The van der Waals surface area contributed by atoms with Crippen molar-refractivity contribution in [2.45, 2.75) is 79.5 Å². The summed E-state index contributed by atoms with van der Waals surface area (Å²) in [5, 5.41) is 5.79. The zero-order chi connectivity index (χ0) is 28.6. The van der Waals surface area contributed by atoms with Crippen LogP contribution >= 0.6 is 0 Å². The van der Waals surface area contributed by atoms with Crippen molar-refractivity contribution in [3.05, 3.63) is 64.7 Å². The first kappa shape index (κ1) is 30.4. The van der Waals surface area contributed by atoms with Crippen molar-refractivity contribution in [2.75, 3.05) is 11.9 Å². The maximum Gasteiger partial charge on any atom is 0.408 e. The summed E-state index contributed by atoms with van der Waals surface area (Å²) in [7, 11) is 0. The third kappa shape index (κ3) is 7.61. The van der Waals surface area contributed by atoms with E-state index in [-0.39, 0.29) is 24.3 Å². The molecule has 0 aromatic heterocycles. The summed E-state index contributed by atoms with van der Waals surface area (Å²) in [4.78, 5) is 42.2. The summed E-state index contributed by atoms with van der Waals surface area (Å²) in [6, 6.07) is 10.9. The molecule has 0 saturated carbocycles. The molecule has 38 heavy (non-hydrogen) atoms. The molecule has 204 valence electrons. The highest BCUT2D eigenvalue weighted by Gasteiger charge is 2.38. The number of ether oxygens (including phenoxy) is 1. The minimum absolute atomic E-state index is 0.214. The van der Waals surface area contributed by atoms with Crippen molar-refractivity contribution in [3.8, 4) is 12.3 Å². The molecule has 2 aromatic carbocycles. The van der Waals surface area contributed by atoms with Crippen molar-refractivity contribution < 1.29 is 19.1 Å². The quantitative estimate of drug-likeness (QED) is 0.413. The van der Waals surface area contributed by atoms with Crippen LogP contribution in [0.3, 0.4) is 0 Å². The predicted molar refractivity (Wildman–Crippen MR) is 152 cm³/mol. The van der Waals surface area contributed by atoms with E-state index >= 15 is 0 Å². The number of likely N-dealkylation sites (N-methyl/N-ethyl adjacent to an activating group) is 1. The molecule has 3 amide bonds. The molecule has 2 aromatic rings. The van der Waals surface area contributed by atoms with Gasteiger partial charge in [-0.25, -0.2) is 4.79 Å². The molecule has 0 saturated heterocycles. The predicted octanol–water partition coefficient (Wildman–Crippen LogP) is 5.75. The molecule has 7 heteroatoms. The number of hydrogen-bond donors (Lipinski definition) is 2. The van der Waals surface area contributed by atoms with Crippen LogP contribution in [0, 0.1) is 32.1 Å². The van der Waals surface area contributed by atoms with Crippen LogP contribution in [0.15, 0.2) is 42.5 Å². The Labute approximate surface area is 227 Å².